The molecule has 0 unspecified atom stereocenters. The van der Waals surface area contributed by atoms with Crippen LogP contribution in [0.15, 0.2) is 59.0 Å². The third-order valence-electron chi connectivity index (χ3n) is 4.90. The summed E-state index contributed by atoms with van der Waals surface area (Å²) in [6, 6.07) is 17.3. The average Bonchev–Trinajstić information content (AvgIpc) is 3.19. The number of phenolic OH excluding ortho intramolecular Hbond substituents is 1. The SMILES string of the molecule is C[C@H](c1nnc(-c2ccccc2)o1)N1CCN(c2ccc(O)cc2)CC1. The Hall–Kier alpha value is -2.86. The molecular formula is C20H22N4O2. The molecule has 0 aliphatic carbocycles. The summed E-state index contributed by atoms with van der Waals surface area (Å²) in [4.78, 5) is 4.69. The lowest BCUT2D eigenvalue weighted by molar-refractivity contribution is 0.174. The first-order chi connectivity index (χ1) is 12.7. The topological polar surface area (TPSA) is 65.6 Å². The van der Waals surface area contributed by atoms with Gasteiger partial charge in [0.05, 0.1) is 6.04 Å². The third-order valence-corrected chi connectivity index (χ3v) is 4.90. The number of phenols is 1. The van der Waals surface area contributed by atoms with Gasteiger partial charge in [-0.15, -0.1) is 10.2 Å². The molecule has 4 rings (SSSR count). The van der Waals surface area contributed by atoms with E-state index in [1.165, 1.54) is 0 Å². The molecule has 1 atom stereocenters. The number of aromatic hydroxyl groups is 1. The summed E-state index contributed by atoms with van der Waals surface area (Å²) in [5.74, 6) is 1.52. The smallest absolute Gasteiger partial charge is 0.247 e. The van der Waals surface area contributed by atoms with Gasteiger partial charge in [0.25, 0.3) is 0 Å². The fourth-order valence-corrected chi connectivity index (χ4v) is 3.29. The van der Waals surface area contributed by atoms with Crippen LogP contribution >= 0.6 is 0 Å². The second kappa shape index (κ2) is 7.17. The standard InChI is InChI=1S/C20H22N4O2/c1-15(19-21-22-20(26-19)16-5-3-2-4-6-16)23-11-13-24(14-12-23)17-7-9-18(25)10-8-17/h2-10,15,25H,11-14H2,1H3/t15-/m1/s1. The molecule has 3 aromatic rings. The molecule has 0 bridgehead atoms. The Bertz CT molecular complexity index is 840. The summed E-state index contributed by atoms with van der Waals surface area (Å²) in [5.41, 5.74) is 2.08. The molecule has 1 N–H and O–H groups in total. The zero-order chi connectivity index (χ0) is 17.9. The van der Waals surface area contributed by atoms with Gasteiger partial charge in [0.2, 0.25) is 11.8 Å². The van der Waals surface area contributed by atoms with E-state index < -0.39 is 0 Å². The molecule has 134 valence electrons. The van der Waals surface area contributed by atoms with Gasteiger partial charge in [-0.25, -0.2) is 0 Å². The van der Waals surface area contributed by atoms with E-state index >= 15 is 0 Å². The molecule has 1 aliphatic heterocycles. The molecule has 0 spiro atoms. The van der Waals surface area contributed by atoms with Gasteiger partial charge in [0.1, 0.15) is 5.75 Å². The van der Waals surface area contributed by atoms with Crippen molar-refractivity contribution in [3.8, 4) is 17.2 Å². The number of nitrogens with zero attached hydrogens (tertiary/aromatic N) is 4. The van der Waals surface area contributed by atoms with Gasteiger partial charge in [0, 0.05) is 37.4 Å². The van der Waals surface area contributed by atoms with Gasteiger partial charge in [-0.05, 0) is 43.3 Å². The summed E-state index contributed by atoms with van der Waals surface area (Å²) in [6.07, 6.45) is 0. The number of hydrogen-bond donors (Lipinski definition) is 1. The van der Waals surface area contributed by atoms with E-state index in [9.17, 15) is 5.11 Å². The first kappa shape index (κ1) is 16.6. The Morgan fingerprint density at radius 3 is 2.31 bits per heavy atom. The van der Waals surface area contributed by atoms with Crippen molar-refractivity contribution < 1.29 is 9.52 Å². The zero-order valence-electron chi connectivity index (χ0n) is 14.7. The van der Waals surface area contributed by atoms with Crippen LogP contribution in [0.1, 0.15) is 18.9 Å². The fourth-order valence-electron chi connectivity index (χ4n) is 3.29. The van der Waals surface area contributed by atoms with E-state index in [1.807, 2.05) is 42.5 Å². The molecule has 6 heteroatoms. The minimum atomic E-state index is 0.0851. The van der Waals surface area contributed by atoms with E-state index in [-0.39, 0.29) is 6.04 Å². The quantitative estimate of drug-likeness (QED) is 0.779. The summed E-state index contributed by atoms with van der Waals surface area (Å²) >= 11 is 0. The van der Waals surface area contributed by atoms with Crippen molar-refractivity contribution >= 4 is 5.69 Å². The van der Waals surface area contributed by atoms with Crippen LogP contribution in [0.3, 0.4) is 0 Å². The van der Waals surface area contributed by atoms with Crippen molar-refractivity contribution in [2.24, 2.45) is 0 Å². The Morgan fingerprint density at radius 1 is 0.923 bits per heavy atom. The Labute approximate surface area is 152 Å². The van der Waals surface area contributed by atoms with Crippen LogP contribution in [-0.4, -0.2) is 46.4 Å². The zero-order valence-corrected chi connectivity index (χ0v) is 14.7. The minimum absolute atomic E-state index is 0.0851. The summed E-state index contributed by atoms with van der Waals surface area (Å²) in [7, 11) is 0. The fraction of sp³-hybridized carbons (Fsp3) is 0.300. The van der Waals surface area contributed by atoms with Crippen LogP contribution in [0.4, 0.5) is 5.69 Å². The lowest BCUT2D eigenvalue weighted by Gasteiger charge is -2.38. The predicted octanol–water partition coefficient (Wildman–Crippen LogP) is 3.33. The molecule has 0 radical (unpaired) electrons. The Balaban J connectivity index is 1.40. The molecule has 1 aliphatic rings. The van der Waals surface area contributed by atoms with Gasteiger partial charge >= 0.3 is 0 Å². The lowest BCUT2D eigenvalue weighted by atomic mass is 10.2. The van der Waals surface area contributed by atoms with Crippen molar-refractivity contribution in [1.29, 1.82) is 0 Å². The molecule has 0 saturated carbocycles. The van der Waals surface area contributed by atoms with E-state index in [2.05, 4.69) is 26.9 Å². The number of piperazine rings is 1. The Kier molecular flexibility index (Phi) is 4.58. The second-order valence-electron chi connectivity index (χ2n) is 6.53. The van der Waals surface area contributed by atoms with Crippen molar-refractivity contribution in [3.63, 3.8) is 0 Å². The molecule has 1 fully saturated rings. The van der Waals surface area contributed by atoms with Gasteiger partial charge in [-0.2, -0.15) is 0 Å². The Morgan fingerprint density at radius 2 is 1.62 bits per heavy atom. The number of hydrogen-bond acceptors (Lipinski definition) is 6. The van der Waals surface area contributed by atoms with Gasteiger partial charge < -0.3 is 14.4 Å². The summed E-state index contributed by atoms with van der Waals surface area (Å²) < 4.78 is 5.90. The minimum Gasteiger partial charge on any atom is -0.508 e. The van der Waals surface area contributed by atoms with Crippen molar-refractivity contribution in [2.45, 2.75) is 13.0 Å². The average molecular weight is 350 g/mol. The van der Waals surface area contributed by atoms with Crippen molar-refractivity contribution in [3.05, 3.63) is 60.5 Å². The highest BCUT2D eigenvalue weighted by atomic mass is 16.4. The van der Waals surface area contributed by atoms with Gasteiger partial charge in [-0.3, -0.25) is 4.90 Å². The third kappa shape index (κ3) is 3.41. The van der Waals surface area contributed by atoms with Crippen LogP contribution in [-0.2, 0) is 0 Å². The number of rotatable bonds is 4. The summed E-state index contributed by atoms with van der Waals surface area (Å²) in [5, 5.41) is 17.9. The van der Waals surface area contributed by atoms with Crippen molar-refractivity contribution in [1.82, 2.24) is 15.1 Å². The van der Waals surface area contributed by atoms with Crippen LogP contribution in [0.25, 0.3) is 11.5 Å². The van der Waals surface area contributed by atoms with E-state index in [4.69, 9.17) is 4.42 Å². The largest absolute Gasteiger partial charge is 0.508 e. The number of aromatic nitrogens is 2. The number of anilines is 1. The van der Waals surface area contributed by atoms with Crippen LogP contribution in [0.5, 0.6) is 5.75 Å². The highest BCUT2D eigenvalue weighted by Gasteiger charge is 2.26. The highest BCUT2D eigenvalue weighted by molar-refractivity contribution is 5.52. The van der Waals surface area contributed by atoms with E-state index in [0.717, 1.165) is 37.4 Å². The maximum Gasteiger partial charge on any atom is 0.247 e. The first-order valence-corrected chi connectivity index (χ1v) is 8.87. The first-order valence-electron chi connectivity index (χ1n) is 8.87. The van der Waals surface area contributed by atoms with E-state index in [0.29, 0.717) is 17.5 Å². The molecule has 2 heterocycles. The molecule has 1 saturated heterocycles. The predicted molar refractivity (Wildman–Crippen MR) is 100 cm³/mol. The molecule has 26 heavy (non-hydrogen) atoms. The van der Waals surface area contributed by atoms with Gasteiger partial charge in [-0.1, -0.05) is 18.2 Å². The molecular weight excluding hydrogens is 328 g/mol. The molecule has 1 aromatic heterocycles. The molecule has 0 amide bonds. The van der Waals surface area contributed by atoms with E-state index in [1.54, 1.807) is 12.1 Å². The molecule has 6 nitrogen and oxygen atoms in total. The van der Waals surface area contributed by atoms with Crippen LogP contribution < -0.4 is 4.90 Å². The highest BCUT2D eigenvalue weighted by Crippen LogP contribution is 2.26. The lowest BCUT2D eigenvalue weighted by Crippen LogP contribution is -2.47. The number of benzene rings is 2. The van der Waals surface area contributed by atoms with Gasteiger partial charge in [0.15, 0.2) is 0 Å². The van der Waals surface area contributed by atoms with Crippen LogP contribution in [0.2, 0.25) is 0 Å². The van der Waals surface area contributed by atoms with Crippen LogP contribution in [0, 0.1) is 0 Å². The maximum absolute atomic E-state index is 9.43. The summed E-state index contributed by atoms with van der Waals surface area (Å²) in [6.45, 7) is 5.80. The van der Waals surface area contributed by atoms with Crippen molar-refractivity contribution in [2.75, 3.05) is 31.1 Å². The normalized spacial score (nSPS) is 16.6. The maximum atomic E-state index is 9.43. The molecule has 2 aromatic carbocycles. The monoisotopic (exact) mass is 350 g/mol. The second-order valence-corrected chi connectivity index (χ2v) is 6.53.